The molecule has 15 rings (SSSR count). The molecule has 0 saturated heterocycles. The van der Waals surface area contributed by atoms with Crippen LogP contribution in [-0.4, -0.2) is 29.9 Å². The molecule has 0 spiro atoms. The Morgan fingerprint density at radius 2 is 0.548 bits per heavy atom. The topological polar surface area (TPSA) is 220 Å². The third-order valence-electron chi connectivity index (χ3n) is 16.1. The molecule has 93 heavy (non-hydrogen) atoms. The van der Waals surface area contributed by atoms with E-state index in [-0.39, 0.29) is 67.3 Å². The molecule has 0 aliphatic carbocycles. The molecular weight excluding hydrogens is 1150 g/mol. The number of fused-ring (bicyclic) bond motifs is 9. The highest BCUT2D eigenvalue weighted by Gasteiger charge is 2.25. The molecule has 0 aliphatic rings. The van der Waals surface area contributed by atoms with Gasteiger partial charge in [0.15, 0.2) is 28.5 Å². The Kier molecular flexibility index (Phi) is 14.0. The van der Waals surface area contributed by atoms with E-state index < -0.39 is 0 Å². The van der Waals surface area contributed by atoms with Crippen molar-refractivity contribution >= 4 is 94.9 Å². The van der Waals surface area contributed by atoms with Crippen LogP contribution >= 0.6 is 0 Å². The first-order valence-electron chi connectivity index (χ1n) is 29.3. The molecule has 428 valence electrons. The fraction of sp³-hybridized carbons (Fsp3) is 0. The lowest BCUT2D eigenvalue weighted by atomic mass is 10.0. The molecule has 0 aliphatic heterocycles. The zero-order chi connectivity index (χ0) is 62.9. The van der Waals surface area contributed by atoms with Crippen LogP contribution in [0.1, 0.15) is 34.2 Å². The van der Waals surface area contributed by atoms with Crippen molar-refractivity contribution in [2.45, 2.75) is 0 Å². The average molecular weight is 1190 g/mol. The lowest BCUT2D eigenvalue weighted by Gasteiger charge is -2.26. The maximum absolute atomic E-state index is 10.4. The molecule has 15 aromatic rings. The Hall–Kier alpha value is -14.2. The molecule has 0 atom stereocenters. The van der Waals surface area contributed by atoms with Gasteiger partial charge in [0.05, 0.1) is 0 Å². The molecule has 4 heterocycles. The summed E-state index contributed by atoms with van der Waals surface area (Å²) in [6, 6.07) is 98.1. The van der Waals surface area contributed by atoms with Crippen molar-refractivity contribution in [1.29, 1.82) is 26.3 Å². The average Bonchev–Trinajstić information content (AvgIpc) is 1.55. The third-order valence-corrected chi connectivity index (χ3v) is 16.1. The Bertz CT molecular complexity index is 5660. The minimum absolute atomic E-state index is 0.0000813. The van der Waals surface area contributed by atoms with Gasteiger partial charge in [0.1, 0.15) is 74.6 Å². The molecule has 0 unspecified atom stereocenters. The lowest BCUT2D eigenvalue weighted by Crippen LogP contribution is -2.10. The molecule has 4 aromatic heterocycles. The molecule has 0 amide bonds. The first-order chi connectivity index (χ1) is 45.8. The van der Waals surface area contributed by atoms with Gasteiger partial charge in [-0.3, -0.25) is 0 Å². The molecule has 0 fully saturated rings. The van der Waals surface area contributed by atoms with E-state index in [0.29, 0.717) is 5.69 Å². The number of nitrogens with zero attached hydrogens (tertiary/aromatic N) is 14. The predicted molar refractivity (Wildman–Crippen MR) is 360 cm³/mol. The summed E-state index contributed by atoms with van der Waals surface area (Å²) in [6.07, 6.45) is 0. The Labute approximate surface area is 531 Å². The minimum atomic E-state index is -0.300. The van der Waals surface area contributed by atoms with Gasteiger partial charge in [0.2, 0.25) is 5.69 Å². The van der Waals surface area contributed by atoms with E-state index in [4.69, 9.17) is 9.40 Å². The normalized spacial score (nSPS) is 10.9. The van der Waals surface area contributed by atoms with Crippen LogP contribution in [0.2, 0.25) is 0 Å². The van der Waals surface area contributed by atoms with E-state index >= 15 is 0 Å². The maximum Gasteiger partial charge on any atom is 0.343 e. The monoisotopic (exact) mass is 1190 g/mol. The van der Waals surface area contributed by atoms with Gasteiger partial charge < -0.3 is 14.2 Å². The van der Waals surface area contributed by atoms with Crippen molar-refractivity contribution in [3.8, 4) is 80.9 Å². The van der Waals surface area contributed by atoms with Crippen LogP contribution in [0, 0.1) is 62.7 Å². The summed E-state index contributed by atoms with van der Waals surface area (Å²) >= 11 is 0. The number of hydrogen-bond donors (Lipinski definition) is 0. The fourth-order valence-corrected chi connectivity index (χ4v) is 11.7. The highest BCUT2D eigenvalue weighted by Crippen LogP contribution is 2.44. The summed E-state index contributed by atoms with van der Waals surface area (Å²) in [5.41, 5.74) is 14.8. The first-order valence-corrected chi connectivity index (χ1v) is 29.3. The standard InChI is InChI=1S/C78H41N14O/c79-42-65-66(43-80)87-75-73(85-65)74-76(88-68(45-82)67(44-81)86-74)78-77(75)89-69(46-83)70(90-78)47-84-56-18-10-17-55(39-56)54-25-33-60(34-26-54)92(59-31-23-53(24-32-59)50-15-8-3-9-16-50)62-36-38-72-64(41-62)63-40-61(35-37-71(63)93-72)91(57-27-19-51(20-28-57)48-11-4-1-5-12-48)58-29-21-52(22-30-58)49-13-6-2-7-14-49/h1-41H/q+1. The van der Waals surface area contributed by atoms with E-state index in [9.17, 15) is 26.3 Å². The Morgan fingerprint density at radius 1 is 0.269 bits per heavy atom. The molecule has 0 bridgehead atoms. The SMILES string of the molecule is N#Cc1nc2c3nc(C#N)c(C#N)nc3c3nc(C#[N+]c4cccc(-c5ccc(N(c6ccc(-c7ccccc7)cc6)c6ccc7oc8ccc(N(c9ccc(-c%10ccccc%10)cc9)c9ccc(-c%10ccccc%10)cc9)cc8c7c6)cc5)c4)c(C#N)nc3c2nc1C#N. The van der Waals surface area contributed by atoms with Gasteiger partial charge in [-0.1, -0.05) is 152 Å². The second-order valence-corrected chi connectivity index (χ2v) is 21.6. The lowest BCUT2D eigenvalue weighted by molar-refractivity contribution is 0.669. The summed E-state index contributed by atoms with van der Waals surface area (Å²) < 4.78 is 6.63. The minimum Gasteiger partial charge on any atom is -0.456 e. The largest absolute Gasteiger partial charge is 0.456 e. The van der Waals surface area contributed by atoms with Gasteiger partial charge >= 0.3 is 11.8 Å². The fourth-order valence-electron chi connectivity index (χ4n) is 11.7. The second kappa shape index (κ2) is 23.5. The van der Waals surface area contributed by atoms with Gasteiger partial charge in [0, 0.05) is 57.0 Å². The summed E-state index contributed by atoms with van der Waals surface area (Å²) in [7, 11) is 0. The van der Waals surface area contributed by atoms with E-state index in [2.05, 4.69) is 240 Å². The van der Waals surface area contributed by atoms with Crippen molar-refractivity contribution < 1.29 is 4.42 Å². The van der Waals surface area contributed by atoms with Crippen LogP contribution in [0.15, 0.2) is 253 Å². The van der Waals surface area contributed by atoms with Crippen LogP contribution in [0.4, 0.5) is 39.8 Å². The highest BCUT2D eigenvalue weighted by molar-refractivity contribution is 6.18. The van der Waals surface area contributed by atoms with E-state index in [1.807, 2.05) is 78.9 Å². The molecule has 0 saturated carbocycles. The highest BCUT2D eigenvalue weighted by atomic mass is 16.3. The van der Waals surface area contributed by atoms with Crippen molar-refractivity contribution in [1.82, 2.24) is 29.9 Å². The molecule has 0 N–H and O–H groups in total. The molecule has 11 aromatic carbocycles. The van der Waals surface area contributed by atoms with Gasteiger partial charge in [-0.05, 0) is 134 Å². The smallest absolute Gasteiger partial charge is 0.343 e. The van der Waals surface area contributed by atoms with Gasteiger partial charge in [-0.25, -0.2) is 29.9 Å². The number of furan rings is 1. The van der Waals surface area contributed by atoms with E-state index in [0.717, 1.165) is 101 Å². The summed E-state index contributed by atoms with van der Waals surface area (Å²) in [5.74, 6) is 0. The number of rotatable bonds is 10. The van der Waals surface area contributed by atoms with Crippen molar-refractivity contribution in [2.24, 2.45) is 0 Å². The number of nitriles is 5. The quantitative estimate of drug-likeness (QED) is 0.116. The van der Waals surface area contributed by atoms with Crippen LogP contribution in [0.25, 0.3) is 104 Å². The predicted octanol–water partition coefficient (Wildman–Crippen LogP) is 18.4. The third kappa shape index (κ3) is 10.2. The zero-order valence-electron chi connectivity index (χ0n) is 48.8. The number of anilines is 6. The van der Waals surface area contributed by atoms with Crippen LogP contribution in [0.5, 0.6) is 0 Å². The van der Waals surface area contributed by atoms with Crippen LogP contribution in [0.3, 0.4) is 0 Å². The summed E-state index contributed by atoms with van der Waals surface area (Å²) in [4.78, 5) is 35.9. The van der Waals surface area contributed by atoms with Gasteiger partial charge in [0.25, 0.3) is 0 Å². The molecular formula is C78H41N14O+. The van der Waals surface area contributed by atoms with Gasteiger partial charge in [-0.2, -0.15) is 26.3 Å². The molecule has 15 heteroatoms. The zero-order valence-corrected chi connectivity index (χ0v) is 48.8. The maximum atomic E-state index is 10.4. The van der Waals surface area contributed by atoms with Crippen molar-refractivity contribution in [2.75, 3.05) is 9.80 Å². The molecule has 15 nitrogen and oxygen atoms in total. The number of aromatic nitrogens is 6. The second-order valence-electron chi connectivity index (χ2n) is 21.6. The van der Waals surface area contributed by atoms with Crippen LogP contribution in [-0.2, 0) is 0 Å². The van der Waals surface area contributed by atoms with E-state index in [1.54, 1.807) is 6.07 Å². The Balaban J connectivity index is 0.795. The number of benzene rings is 11. The summed E-state index contributed by atoms with van der Waals surface area (Å²) in [6.45, 7) is 0. The Morgan fingerprint density at radius 3 is 0.882 bits per heavy atom. The first kappa shape index (κ1) is 55.4. The van der Waals surface area contributed by atoms with Gasteiger partial charge in [-0.15, -0.1) is 0 Å². The van der Waals surface area contributed by atoms with Crippen molar-refractivity contribution in [3.05, 3.63) is 288 Å². The van der Waals surface area contributed by atoms with E-state index in [1.165, 1.54) is 0 Å². The summed E-state index contributed by atoms with van der Waals surface area (Å²) in [5, 5.41) is 51.8. The van der Waals surface area contributed by atoms with Crippen LogP contribution < -0.4 is 9.80 Å². The van der Waals surface area contributed by atoms with Crippen molar-refractivity contribution in [3.63, 3.8) is 0 Å². The molecule has 0 radical (unpaired) electrons. The number of hydrogen-bond acceptors (Lipinski definition) is 14.